The molecule has 1 aliphatic carbocycles. The Kier molecular flexibility index (Phi) is 9.41. The predicted molar refractivity (Wildman–Crippen MR) is 124 cm³/mol. The highest BCUT2D eigenvalue weighted by Gasteiger charge is 2.20. The van der Waals surface area contributed by atoms with E-state index in [0.29, 0.717) is 23.8 Å². The maximum atomic E-state index is 12.4. The van der Waals surface area contributed by atoms with Crippen molar-refractivity contribution in [3.8, 4) is 11.5 Å². The molecule has 3 rings (SSSR count). The minimum Gasteiger partial charge on any atom is -0.494 e. The zero-order chi connectivity index (χ0) is 21.9. The van der Waals surface area contributed by atoms with Crippen LogP contribution in [0.5, 0.6) is 11.5 Å². The quantitative estimate of drug-likeness (QED) is 0.249. The van der Waals surface area contributed by atoms with Crippen molar-refractivity contribution in [3.63, 3.8) is 0 Å². The predicted octanol–water partition coefficient (Wildman–Crippen LogP) is 6.66. The minimum atomic E-state index is -0.365. The van der Waals surface area contributed by atoms with E-state index in [1.165, 1.54) is 37.7 Å². The van der Waals surface area contributed by atoms with Gasteiger partial charge in [0, 0.05) is 0 Å². The Balaban J connectivity index is 1.42. The van der Waals surface area contributed by atoms with Gasteiger partial charge in [-0.3, -0.25) is 0 Å². The molecule has 4 heteroatoms. The van der Waals surface area contributed by atoms with Crippen LogP contribution in [0, 0.1) is 0 Å². The van der Waals surface area contributed by atoms with Crippen molar-refractivity contribution in [2.75, 3.05) is 6.61 Å². The van der Waals surface area contributed by atoms with Gasteiger partial charge in [-0.05, 0) is 80.0 Å². The summed E-state index contributed by atoms with van der Waals surface area (Å²) >= 11 is 0. The fourth-order valence-corrected chi connectivity index (χ4v) is 4.14. The highest BCUT2D eigenvalue weighted by atomic mass is 16.5. The smallest absolute Gasteiger partial charge is 0.343 e. The molecule has 2 aromatic carbocycles. The zero-order valence-electron chi connectivity index (χ0n) is 18.7. The number of benzene rings is 2. The van der Waals surface area contributed by atoms with E-state index in [9.17, 15) is 9.90 Å². The van der Waals surface area contributed by atoms with E-state index in [0.717, 1.165) is 37.9 Å². The SMILES string of the molecule is CCCCCCCCOc1ccc(C(=O)Oc2ccc(C3CCC(O)CC3)cc2)cc1. The zero-order valence-corrected chi connectivity index (χ0v) is 18.7. The first-order valence-corrected chi connectivity index (χ1v) is 11.9. The molecule has 31 heavy (non-hydrogen) atoms. The van der Waals surface area contributed by atoms with Gasteiger partial charge in [0.2, 0.25) is 0 Å². The third-order valence-corrected chi connectivity index (χ3v) is 6.12. The number of unbranched alkanes of at least 4 members (excludes halogenated alkanes) is 5. The van der Waals surface area contributed by atoms with Gasteiger partial charge in [0.05, 0.1) is 18.3 Å². The Bertz CT molecular complexity index is 774. The molecule has 1 fully saturated rings. The van der Waals surface area contributed by atoms with Gasteiger partial charge in [0.15, 0.2) is 0 Å². The Morgan fingerprint density at radius 3 is 2.13 bits per heavy atom. The lowest BCUT2D eigenvalue weighted by Crippen LogP contribution is -2.16. The second-order valence-corrected chi connectivity index (χ2v) is 8.60. The first-order chi connectivity index (χ1) is 15.2. The summed E-state index contributed by atoms with van der Waals surface area (Å²) in [5.74, 6) is 1.45. The average molecular weight is 425 g/mol. The van der Waals surface area contributed by atoms with Crippen molar-refractivity contribution in [1.82, 2.24) is 0 Å². The topological polar surface area (TPSA) is 55.8 Å². The first kappa shape index (κ1) is 23.3. The Morgan fingerprint density at radius 1 is 0.839 bits per heavy atom. The molecule has 0 radical (unpaired) electrons. The van der Waals surface area contributed by atoms with Crippen LogP contribution in [0.1, 0.15) is 93.0 Å². The molecule has 2 aromatic rings. The molecule has 1 saturated carbocycles. The molecule has 1 N–H and O–H groups in total. The third kappa shape index (κ3) is 7.70. The highest BCUT2D eigenvalue weighted by Crippen LogP contribution is 2.33. The third-order valence-electron chi connectivity index (χ3n) is 6.12. The van der Waals surface area contributed by atoms with Crippen molar-refractivity contribution < 1.29 is 19.4 Å². The van der Waals surface area contributed by atoms with E-state index in [1.807, 2.05) is 36.4 Å². The number of esters is 1. The van der Waals surface area contributed by atoms with Gasteiger partial charge < -0.3 is 14.6 Å². The standard InChI is InChI=1S/C27H36O4/c1-2-3-4-5-6-7-20-30-25-16-12-23(13-17-25)27(29)31-26-18-10-22(11-19-26)21-8-14-24(28)15-9-21/h10-13,16-19,21,24,28H,2-9,14-15,20H2,1H3. The number of hydrogen-bond acceptors (Lipinski definition) is 4. The second kappa shape index (κ2) is 12.5. The Hall–Kier alpha value is -2.33. The minimum absolute atomic E-state index is 0.149. The summed E-state index contributed by atoms with van der Waals surface area (Å²) in [5, 5.41) is 9.67. The molecule has 0 spiro atoms. The van der Waals surface area contributed by atoms with Gasteiger partial charge in [-0.2, -0.15) is 0 Å². The largest absolute Gasteiger partial charge is 0.494 e. The Labute approximate surface area is 186 Å². The van der Waals surface area contributed by atoms with E-state index >= 15 is 0 Å². The molecule has 0 heterocycles. The summed E-state index contributed by atoms with van der Waals surface area (Å²) in [4.78, 5) is 12.4. The van der Waals surface area contributed by atoms with Gasteiger partial charge >= 0.3 is 5.97 Å². The number of ether oxygens (including phenoxy) is 2. The number of aliphatic hydroxyl groups excluding tert-OH is 1. The lowest BCUT2D eigenvalue weighted by atomic mass is 9.83. The van der Waals surface area contributed by atoms with Crippen LogP contribution in [-0.2, 0) is 0 Å². The molecule has 0 amide bonds. The van der Waals surface area contributed by atoms with Gasteiger partial charge in [-0.25, -0.2) is 4.79 Å². The lowest BCUT2D eigenvalue weighted by molar-refractivity contribution is 0.0734. The number of aliphatic hydroxyl groups is 1. The molecule has 0 bridgehead atoms. The van der Waals surface area contributed by atoms with E-state index < -0.39 is 0 Å². The summed E-state index contributed by atoms with van der Waals surface area (Å²) < 4.78 is 11.3. The number of hydrogen-bond donors (Lipinski definition) is 1. The van der Waals surface area contributed by atoms with Crippen LogP contribution in [0.25, 0.3) is 0 Å². The van der Waals surface area contributed by atoms with Crippen LogP contribution in [0.15, 0.2) is 48.5 Å². The molecular weight excluding hydrogens is 388 g/mol. The van der Waals surface area contributed by atoms with Crippen LogP contribution in [0.3, 0.4) is 0 Å². The van der Waals surface area contributed by atoms with Crippen molar-refractivity contribution in [2.45, 2.75) is 83.2 Å². The molecule has 0 aromatic heterocycles. The van der Waals surface area contributed by atoms with Crippen molar-refractivity contribution >= 4 is 5.97 Å². The van der Waals surface area contributed by atoms with Crippen LogP contribution < -0.4 is 9.47 Å². The lowest BCUT2D eigenvalue weighted by Gasteiger charge is -2.25. The maximum absolute atomic E-state index is 12.4. The molecule has 0 saturated heterocycles. The highest BCUT2D eigenvalue weighted by molar-refractivity contribution is 5.91. The maximum Gasteiger partial charge on any atom is 0.343 e. The summed E-state index contributed by atoms with van der Waals surface area (Å²) in [6, 6.07) is 14.9. The van der Waals surface area contributed by atoms with E-state index in [-0.39, 0.29) is 12.1 Å². The molecular formula is C27H36O4. The van der Waals surface area contributed by atoms with E-state index in [1.54, 1.807) is 12.1 Å². The summed E-state index contributed by atoms with van der Waals surface area (Å²) in [6.07, 6.45) is 11.0. The van der Waals surface area contributed by atoms with Crippen LogP contribution >= 0.6 is 0 Å². The number of rotatable bonds is 11. The molecule has 0 unspecified atom stereocenters. The van der Waals surface area contributed by atoms with Crippen molar-refractivity contribution in [1.29, 1.82) is 0 Å². The first-order valence-electron chi connectivity index (χ1n) is 11.9. The van der Waals surface area contributed by atoms with Crippen LogP contribution in [-0.4, -0.2) is 23.8 Å². The molecule has 0 atom stereocenters. The van der Waals surface area contributed by atoms with Crippen molar-refractivity contribution in [3.05, 3.63) is 59.7 Å². The van der Waals surface area contributed by atoms with Gasteiger partial charge in [0.1, 0.15) is 11.5 Å². The summed E-state index contributed by atoms with van der Waals surface area (Å²) in [5.41, 5.74) is 1.76. The van der Waals surface area contributed by atoms with Crippen molar-refractivity contribution in [2.24, 2.45) is 0 Å². The van der Waals surface area contributed by atoms with E-state index in [2.05, 4.69) is 6.92 Å². The number of carbonyl (C=O) groups is 1. The Morgan fingerprint density at radius 2 is 1.45 bits per heavy atom. The molecule has 0 aliphatic heterocycles. The summed E-state index contributed by atoms with van der Waals surface area (Å²) in [6.45, 7) is 2.94. The number of carbonyl (C=O) groups excluding carboxylic acids is 1. The van der Waals surface area contributed by atoms with Crippen LogP contribution in [0.2, 0.25) is 0 Å². The second-order valence-electron chi connectivity index (χ2n) is 8.60. The molecule has 1 aliphatic rings. The van der Waals surface area contributed by atoms with Gasteiger partial charge in [-0.15, -0.1) is 0 Å². The molecule has 168 valence electrons. The molecule has 4 nitrogen and oxygen atoms in total. The van der Waals surface area contributed by atoms with Gasteiger partial charge in [0.25, 0.3) is 0 Å². The van der Waals surface area contributed by atoms with Gasteiger partial charge in [-0.1, -0.05) is 51.2 Å². The fourth-order valence-electron chi connectivity index (χ4n) is 4.14. The normalized spacial score (nSPS) is 18.5. The monoisotopic (exact) mass is 424 g/mol. The van der Waals surface area contributed by atoms with Crippen LogP contribution in [0.4, 0.5) is 0 Å². The van der Waals surface area contributed by atoms with E-state index in [4.69, 9.17) is 9.47 Å². The fraction of sp³-hybridized carbons (Fsp3) is 0.519. The summed E-state index contributed by atoms with van der Waals surface area (Å²) in [7, 11) is 0. The average Bonchev–Trinajstić information content (AvgIpc) is 2.80.